The van der Waals surface area contributed by atoms with Gasteiger partial charge in [0.15, 0.2) is 0 Å². The molecule has 8 heteroatoms. The first-order valence-electron chi connectivity index (χ1n) is 11.5. The van der Waals surface area contributed by atoms with Crippen molar-refractivity contribution in [1.29, 1.82) is 0 Å². The Labute approximate surface area is 214 Å². The Balaban J connectivity index is 1.41. The molecule has 35 heavy (non-hydrogen) atoms. The minimum atomic E-state index is -0.849. The van der Waals surface area contributed by atoms with Crippen LogP contribution < -0.4 is 4.74 Å². The summed E-state index contributed by atoms with van der Waals surface area (Å²) < 4.78 is 19.9. The molecule has 1 aliphatic heterocycles. The van der Waals surface area contributed by atoms with Crippen LogP contribution in [0.25, 0.3) is 17.0 Å². The first-order chi connectivity index (χ1) is 16.8. The number of ether oxygens (including phenoxy) is 1. The van der Waals surface area contributed by atoms with Crippen molar-refractivity contribution in [2.75, 3.05) is 26.7 Å². The molecule has 0 spiro atoms. The summed E-state index contributed by atoms with van der Waals surface area (Å²) in [6.07, 6.45) is 7.12. The number of aliphatic carboxylic acids is 1. The maximum Gasteiger partial charge on any atom is 0.310 e. The number of aryl methyl sites for hydroxylation is 1. The smallest absolute Gasteiger partial charge is 0.310 e. The van der Waals surface area contributed by atoms with Gasteiger partial charge in [-0.1, -0.05) is 35.4 Å². The molecule has 0 saturated carbocycles. The molecule has 1 fully saturated rings. The topological polar surface area (TPSA) is 62.7 Å². The third kappa shape index (κ3) is 5.77. The normalized spacial score (nSPS) is 18.5. The number of hydrogen-bond acceptors (Lipinski definition) is 4. The van der Waals surface area contributed by atoms with E-state index >= 15 is 0 Å². The summed E-state index contributed by atoms with van der Waals surface area (Å²) >= 11 is 12.3. The molecular weight excluding hydrogens is 490 g/mol. The van der Waals surface area contributed by atoms with Gasteiger partial charge in [0, 0.05) is 28.5 Å². The summed E-state index contributed by atoms with van der Waals surface area (Å²) in [6.45, 7) is 1.74. The van der Waals surface area contributed by atoms with Crippen LogP contribution in [0.15, 0.2) is 48.7 Å². The minimum absolute atomic E-state index is 0.381. The van der Waals surface area contributed by atoms with E-state index in [1.165, 1.54) is 6.20 Å². The number of likely N-dealkylation sites (tertiary alicyclic amines) is 1. The predicted octanol–water partition coefficient (Wildman–Crippen LogP) is 6.50. The molecular formula is C27H27Cl2FN2O3. The lowest BCUT2D eigenvalue weighted by Crippen LogP contribution is -2.35. The molecule has 3 aromatic rings. The fourth-order valence-corrected chi connectivity index (χ4v) is 5.12. The van der Waals surface area contributed by atoms with E-state index in [0.29, 0.717) is 77.6 Å². The van der Waals surface area contributed by atoms with Gasteiger partial charge in [0.2, 0.25) is 0 Å². The van der Waals surface area contributed by atoms with E-state index in [1.807, 2.05) is 12.2 Å². The van der Waals surface area contributed by atoms with Crippen molar-refractivity contribution in [3.05, 3.63) is 75.7 Å². The quantitative estimate of drug-likeness (QED) is 0.351. The van der Waals surface area contributed by atoms with Crippen LogP contribution in [0, 0.1) is 11.2 Å². The molecule has 5 nitrogen and oxygen atoms in total. The highest BCUT2D eigenvalue weighted by Crippen LogP contribution is 2.37. The van der Waals surface area contributed by atoms with Crippen LogP contribution in [0.4, 0.5) is 4.39 Å². The summed E-state index contributed by atoms with van der Waals surface area (Å²) in [7, 11) is 1.56. The Hall–Kier alpha value is -2.67. The average molecular weight is 517 g/mol. The van der Waals surface area contributed by atoms with Gasteiger partial charge in [-0.2, -0.15) is 0 Å². The zero-order valence-corrected chi connectivity index (χ0v) is 20.9. The minimum Gasteiger partial charge on any atom is -0.497 e. The molecule has 1 saturated heterocycles. The lowest BCUT2D eigenvalue weighted by atomic mass is 9.81. The number of pyridine rings is 1. The number of halogens is 3. The Bertz CT molecular complexity index is 1270. The number of carboxylic acids is 1. The standard InChI is InChI=1S/C27H27Cl2FN2O3/c1-35-20-7-9-25-22(15-20)21(24(30)16-31-25)5-2-10-27(26(33)34)11-13-32(17-27)12-3-4-18-14-19(28)6-8-23(18)29/h3-4,6-9,14-16H,2,5,10-13,17H2,1H3,(H,33,34)/b4-3+. The largest absolute Gasteiger partial charge is 0.497 e. The van der Waals surface area contributed by atoms with Crippen LogP contribution in [0.1, 0.15) is 30.4 Å². The number of methoxy groups -OCH3 is 1. The van der Waals surface area contributed by atoms with E-state index in [0.717, 1.165) is 5.56 Å². The van der Waals surface area contributed by atoms with Crippen molar-refractivity contribution in [1.82, 2.24) is 9.88 Å². The molecule has 2 aromatic carbocycles. The van der Waals surface area contributed by atoms with Gasteiger partial charge in [-0.3, -0.25) is 14.7 Å². The summed E-state index contributed by atoms with van der Waals surface area (Å²) in [5.41, 5.74) is 1.21. The molecule has 0 bridgehead atoms. The average Bonchev–Trinajstić information content (AvgIpc) is 3.27. The maximum atomic E-state index is 14.7. The molecule has 0 radical (unpaired) electrons. The Kier molecular flexibility index (Phi) is 7.95. The van der Waals surface area contributed by atoms with E-state index in [1.54, 1.807) is 43.5 Å². The predicted molar refractivity (Wildman–Crippen MR) is 138 cm³/mol. The fourth-order valence-electron chi connectivity index (χ4n) is 4.76. The van der Waals surface area contributed by atoms with E-state index in [2.05, 4.69) is 9.88 Å². The molecule has 1 aromatic heterocycles. The van der Waals surface area contributed by atoms with Gasteiger partial charge in [-0.15, -0.1) is 0 Å². The van der Waals surface area contributed by atoms with Crippen LogP contribution in [0.3, 0.4) is 0 Å². The second kappa shape index (κ2) is 10.9. The first kappa shape index (κ1) is 25.4. The van der Waals surface area contributed by atoms with Gasteiger partial charge >= 0.3 is 5.97 Å². The molecule has 4 rings (SSSR count). The Morgan fingerprint density at radius 1 is 1.29 bits per heavy atom. The zero-order valence-electron chi connectivity index (χ0n) is 19.4. The molecule has 184 valence electrons. The lowest BCUT2D eigenvalue weighted by molar-refractivity contribution is -0.148. The van der Waals surface area contributed by atoms with E-state index in [4.69, 9.17) is 27.9 Å². The van der Waals surface area contributed by atoms with Crippen molar-refractivity contribution in [3.8, 4) is 5.75 Å². The molecule has 0 amide bonds. The number of carboxylic acid groups (broad SMARTS) is 1. The van der Waals surface area contributed by atoms with Crippen molar-refractivity contribution < 1.29 is 19.0 Å². The monoisotopic (exact) mass is 516 g/mol. The van der Waals surface area contributed by atoms with Gasteiger partial charge in [0.25, 0.3) is 0 Å². The second-order valence-corrected chi connectivity index (χ2v) is 9.80. The molecule has 1 aliphatic rings. The van der Waals surface area contributed by atoms with Crippen LogP contribution in [0.5, 0.6) is 5.75 Å². The number of rotatable bonds is 9. The molecule has 2 heterocycles. The van der Waals surface area contributed by atoms with E-state index < -0.39 is 11.4 Å². The Morgan fingerprint density at radius 3 is 2.89 bits per heavy atom. The SMILES string of the molecule is COc1ccc2ncc(F)c(CCCC3(C(=O)O)CCN(C/C=C/c4cc(Cl)ccc4Cl)C3)c2c1. The summed E-state index contributed by atoms with van der Waals surface area (Å²) in [5.74, 6) is -0.553. The third-order valence-electron chi connectivity index (χ3n) is 6.72. The maximum absolute atomic E-state index is 14.7. The van der Waals surface area contributed by atoms with E-state index in [-0.39, 0.29) is 5.82 Å². The van der Waals surface area contributed by atoms with Crippen LogP contribution in [-0.2, 0) is 11.2 Å². The van der Waals surface area contributed by atoms with Gasteiger partial charge in [0.05, 0.1) is 24.2 Å². The van der Waals surface area contributed by atoms with Crippen molar-refractivity contribution in [2.45, 2.75) is 25.7 Å². The number of benzene rings is 2. The number of hydrogen-bond donors (Lipinski definition) is 1. The van der Waals surface area contributed by atoms with Crippen molar-refractivity contribution in [3.63, 3.8) is 0 Å². The molecule has 1 N–H and O–H groups in total. The molecule has 1 unspecified atom stereocenters. The van der Waals surface area contributed by atoms with Crippen LogP contribution in [0.2, 0.25) is 10.0 Å². The van der Waals surface area contributed by atoms with Crippen molar-refractivity contribution in [2.24, 2.45) is 5.41 Å². The summed E-state index contributed by atoms with van der Waals surface area (Å²) in [5, 5.41) is 12.0. The Morgan fingerprint density at radius 2 is 2.11 bits per heavy atom. The van der Waals surface area contributed by atoms with Gasteiger partial charge in [-0.05, 0) is 79.8 Å². The molecule has 1 atom stereocenters. The van der Waals surface area contributed by atoms with E-state index in [9.17, 15) is 14.3 Å². The fraction of sp³-hybridized carbons (Fsp3) is 0.333. The second-order valence-electron chi connectivity index (χ2n) is 8.96. The van der Waals surface area contributed by atoms with Gasteiger partial charge in [0.1, 0.15) is 11.6 Å². The number of fused-ring (bicyclic) bond motifs is 1. The highest BCUT2D eigenvalue weighted by atomic mass is 35.5. The highest BCUT2D eigenvalue weighted by molar-refractivity contribution is 6.34. The van der Waals surface area contributed by atoms with Crippen LogP contribution >= 0.6 is 23.2 Å². The van der Waals surface area contributed by atoms with Crippen molar-refractivity contribution >= 4 is 46.2 Å². The summed E-state index contributed by atoms with van der Waals surface area (Å²) in [6, 6.07) is 10.7. The lowest BCUT2D eigenvalue weighted by Gasteiger charge is -2.24. The third-order valence-corrected chi connectivity index (χ3v) is 7.30. The number of aromatic nitrogens is 1. The summed E-state index contributed by atoms with van der Waals surface area (Å²) in [4.78, 5) is 18.6. The first-order valence-corrected chi connectivity index (χ1v) is 12.3. The highest BCUT2D eigenvalue weighted by Gasteiger charge is 2.43. The van der Waals surface area contributed by atoms with Gasteiger partial charge < -0.3 is 9.84 Å². The zero-order chi connectivity index (χ0) is 25.0. The van der Waals surface area contributed by atoms with Crippen LogP contribution in [-0.4, -0.2) is 47.7 Å². The number of carbonyl (C=O) groups is 1. The molecule has 0 aliphatic carbocycles. The van der Waals surface area contributed by atoms with Gasteiger partial charge in [-0.25, -0.2) is 4.39 Å². The number of nitrogens with zero attached hydrogens (tertiary/aromatic N) is 2.